The highest BCUT2D eigenvalue weighted by Gasteiger charge is 2.31. The molecule has 8 nitrogen and oxygen atoms in total. The summed E-state index contributed by atoms with van der Waals surface area (Å²) in [5.74, 6) is -5.21. The first-order chi connectivity index (χ1) is 21.5. The highest BCUT2D eigenvalue weighted by atomic mass is 19.2. The smallest absolute Gasteiger partial charge is 0.305 e. The van der Waals surface area contributed by atoms with Crippen LogP contribution in [0.2, 0.25) is 0 Å². The molecule has 0 saturated carbocycles. The van der Waals surface area contributed by atoms with Crippen molar-refractivity contribution in [2.24, 2.45) is 5.92 Å². The summed E-state index contributed by atoms with van der Waals surface area (Å²) in [6.45, 7) is 17.5. The maximum absolute atomic E-state index is 15.7. The van der Waals surface area contributed by atoms with Gasteiger partial charge in [-0.05, 0) is 86.9 Å². The Morgan fingerprint density at radius 3 is 2.26 bits per heavy atom. The number of aliphatic carboxylic acids is 1. The Morgan fingerprint density at radius 2 is 1.72 bits per heavy atom. The third-order valence-corrected chi connectivity index (χ3v) is 8.00. The number of allylic oxidation sites excluding steroid dienone is 4. The van der Waals surface area contributed by atoms with E-state index < -0.39 is 53.8 Å². The Bertz CT molecular complexity index is 1580. The molecule has 2 N–H and O–H groups in total. The number of amides is 1. The second-order valence-electron chi connectivity index (χ2n) is 12.8. The molecular weight excluding hydrogens is 597 g/mol. The molecule has 250 valence electrons. The number of nitrogens with one attached hydrogen (secondary N) is 1. The summed E-state index contributed by atoms with van der Waals surface area (Å²) in [6, 6.07) is 2.46. The summed E-state index contributed by atoms with van der Waals surface area (Å²) in [5, 5.41) is 16.3. The van der Waals surface area contributed by atoms with Gasteiger partial charge < -0.3 is 10.4 Å². The Kier molecular flexibility index (Phi) is 12.3. The van der Waals surface area contributed by atoms with Crippen LogP contribution in [0.25, 0.3) is 5.57 Å². The number of likely N-dealkylation sites (tertiary alicyclic amines) is 1. The van der Waals surface area contributed by atoms with Gasteiger partial charge in [0.05, 0.1) is 18.2 Å². The van der Waals surface area contributed by atoms with E-state index in [1.165, 1.54) is 13.0 Å². The average molecular weight is 643 g/mol. The minimum Gasteiger partial charge on any atom is -0.481 e. The fraction of sp³-hybridized carbons (Fsp3) is 0.486. The van der Waals surface area contributed by atoms with Crippen LogP contribution in [0.3, 0.4) is 0 Å². The van der Waals surface area contributed by atoms with E-state index >= 15 is 8.78 Å². The molecule has 0 unspecified atom stereocenters. The van der Waals surface area contributed by atoms with Gasteiger partial charge in [-0.3, -0.25) is 19.3 Å². The van der Waals surface area contributed by atoms with Crippen molar-refractivity contribution >= 4 is 17.4 Å². The summed E-state index contributed by atoms with van der Waals surface area (Å²) < 4.78 is 45.5. The lowest BCUT2D eigenvalue weighted by Gasteiger charge is -2.34. The number of carboxylic acids is 1. The van der Waals surface area contributed by atoms with Crippen LogP contribution in [-0.2, 0) is 16.0 Å². The van der Waals surface area contributed by atoms with E-state index in [0.717, 1.165) is 26.9 Å². The van der Waals surface area contributed by atoms with Crippen LogP contribution >= 0.6 is 0 Å². The predicted octanol–water partition coefficient (Wildman–Crippen LogP) is 6.03. The number of carboxylic acid groups (broad SMARTS) is 1. The minimum absolute atomic E-state index is 0.115. The molecule has 2 atom stereocenters. The van der Waals surface area contributed by atoms with Crippen LogP contribution in [0.5, 0.6) is 0 Å². The maximum atomic E-state index is 15.7. The average Bonchev–Trinajstić information content (AvgIpc) is 2.93. The monoisotopic (exact) mass is 642 g/mol. The minimum atomic E-state index is -1.85. The first-order valence-electron chi connectivity index (χ1n) is 15.5. The van der Waals surface area contributed by atoms with Crippen molar-refractivity contribution in [1.82, 2.24) is 20.0 Å². The van der Waals surface area contributed by atoms with E-state index in [4.69, 9.17) is 0 Å². The third kappa shape index (κ3) is 9.28. The summed E-state index contributed by atoms with van der Waals surface area (Å²) >= 11 is 0. The summed E-state index contributed by atoms with van der Waals surface area (Å²) in [5.41, 5.74) is 4.30. The summed E-state index contributed by atoms with van der Waals surface area (Å²) in [4.78, 5) is 40.5. The number of rotatable bonds is 14. The van der Waals surface area contributed by atoms with Crippen molar-refractivity contribution < 1.29 is 27.9 Å². The van der Waals surface area contributed by atoms with Gasteiger partial charge in [0.15, 0.2) is 11.7 Å². The van der Waals surface area contributed by atoms with Crippen molar-refractivity contribution in [3.05, 3.63) is 91.9 Å². The van der Waals surface area contributed by atoms with E-state index in [2.05, 4.69) is 17.0 Å². The first kappa shape index (κ1) is 36.5. The summed E-state index contributed by atoms with van der Waals surface area (Å²) in [7, 11) is 0. The Morgan fingerprint density at radius 1 is 1.11 bits per heavy atom. The molecular formula is C35H45F3N4O4. The van der Waals surface area contributed by atoms with Crippen molar-refractivity contribution in [2.45, 2.75) is 86.0 Å². The number of hydrogen-bond acceptors (Lipinski definition) is 5. The Labute approximate surface area is 268 Å². The molecule has 1 fully saturated rings. The Balaban J connectivity index is 1.93. The lowest BCUT2D eigenvalue weighted by atomic mass is 9.93. The molecule has 46 heavy (non-hydrogen) atoms. The van der Waals surface area contributed by atoms with Crippen LogP contribution in [0.15, 0.2) is 52.9 Å². The van der Waals surface area contributed by atoms with Gasteiger partial charge >= 0.3 is 5.97 Å². The van der Waals surface area contributed by atoms with Gasteiger partial charge in [-0.1, -0.05) is 38.1 Å². The fourth-order valence-electron chi connectivity index (χ4n) is 5.84. The zero-order valence-corrected chi connectivity index (χ0v) is 27.7. The zero-order chi connectivity index (χ0) is 34.5. The fourth-order valence-corrected chi connectivity index (χ4v) is 5.84. The zero-order valence-electron chi connectivity index (χ0n) is 27.7. The molecule has 0 spiro atoms. The van der Waals surface area contributed by atoms with Crippen molar-refractivity contribution in [1.29, 1.82) is 0 Å². The van der Waals surface area contributed by atoms with Gasteiger partial charge in [-0.2, -0.15) is 5.10 Å². The molecule has 0 bridgehead atoms. The molecule has 0 aliphatic carbocycles. The number of carbonyl (C=O) groups is 2. The number of benzene rings is 1. The largest absolute Gasteiger partial charge is 0.481 e. The molecule has 1 aliphatic heterocycles. The van der Waals surface area contributed by atoms with Gasteiger partial charge in [0.25, 0.3) is 5.56 Å². The molecule has 1 aromatic carbocycles. The molecule has 2 aromatic rings. The lowest BCUT2D eigenvalue weighted by Crippen LogP contribution is -2.49. The van der Waals surface area contributed by atoms with Gasteiger partial charge in [-0.15, -0.1) is 0 Å². The van der Waals surface area contributed by atoms with E-state index in [1.807, 2.05) is 51.7 Å². The van der Waals surface area contributed by atoms with Gasteiger partial charge in [0, 0.05) is 31.6 Å². The number of aromatic nitrogens is 2. The van der Waals surface area contributed by atoms with Crippen LogP contribution < -0.4 is 10.9 Å². The third-order valence-electron chi connectivity index (χ3n) is 8.00. The van der Waals surface area contributed by atoms with Crippen LogP contribution in [0.4, 0.5) is 13.2 Å². The SMILES string of the molecule is C=C(/C=C(C)\C(F)=C(/F)[C@H](CC(=O)O)NC(=O)[C@H](CC(C)C)n1nc(CCN2CC(F)C2)cc(C)c1=O)c1c(C)cc(C)cc1C. The van der Waals surface area contributed by atoms with Gasteiger partial charge in [0.1, 0.15) is 12.2 Å². The Hall–Kier alpha value is -3.99. The van der Waals surface area contributed by atoms with E-state index in [9.17, 15) is 23.9 Å². The molecule has 3 rings (SSSR count). The maximum Gasteiger partial charge on any atom is 0.305 e. The van der Waals surface area contributed by atoms with Gasteiger partial charge in [-0.25, -0.2) is 17.9 Å². The summed E-state index contributed by atoms with van der Waals surface area (Å²) in [6.07, 6.45) is 0.120. The predicted molar refractivity (Wildman–Crippen MR) is 174 cm³/mol. The number of hydrogen-bond donors (Lipinski definition) is 2. The highest BCUT2D eigenvalue weighted by molar-refractivity contribution is 5.82. The number of alkyl halides is 1. The van der Waals surface area contributed by atoms with Crippen LogP contribution in [0.1, 0.15) is 73.2 Å². The molecule has 1 amide bonds. The van der Waals surface area contributed by atoms with Crippen molar-refractivity contribution in [3.63, 3.8) is 0 Å². The quantitative estimate of drug-likeness (QED) is 0.244. The van der Waals surface area contributed by atoms with E-state index in [-0.39, 0.29) is 17.9 Å². The normalized spacial score (nSPS) is 16.1. The molecule has 1 saturated heterocycles. The van der Waals surface area contributed by atoms with Crippen LogP contribution in [-0.4, -0.2) is 63.5 Å². The molecule has 11 heteroatoms. The topological polar surface area (TPSA) is 105 Å². The van der Waals surface area contributed by atoms with Crippen molar-refractivity contribution in [3.8, 4) is 0 Å². The number of aryl methyl sites for hydroxylation is 4. The van der Waals surface area contributed by atoms with Gasteiger partial charge in [0.2, 0.25) is 5.91 Å². The number of nitrogens with zero attached hydrogens (tertiary/aromatic N) is 3. The standard InChI is InChI=1S/C35H45F3N4O4/c1-19(2)11-29(42-35(46)25(8)15-27(40-42)9-10-41-17-26(36)18-41)34(45)39-28(16-30(43)44)33(38)32(37)24(7)14-23(6)31-21(4)12-20(3)13-22(31)5/h12-15,19,26,28-29H,6,9-11,16-18H2,1-5,7-8H3,(H,39,45)(H,43,44)/b24-14-,33-32+/t28-,29-/m0/s1. The molecule has 1 aliphatic rings. The molecule has 2 heterocycles. The van der Waals surface area contributed by atoms with E-state index in [1.54, 1.807) is 13.0 Å². The molecule has 0 radical (unpaired) electrons. The second kappa shape index (κ2) is 15.5. The van der Waals surface area contributed by atoms with Crippen LogP contribution in [0, 0.1) is 33.6 Å². The lowest BCUT2D eigenvalue weighted by molar-refractivity contribution is -0.137. The van der Waals surface area contributed by atoms with Crippen molar-refractivity contribution in [2.75, 3.05) is 19.6 Å². The second-order valence-corrected chi connectivity index (χ2v) is 12.8. The number of halogens is 3. The number of carbonyl (C=O) groups excluding carboxylic acids is 1. The van der Waals surface area contributed by atoms with E-state index in [0.29, 0.717) is 42.9 Å². The molecule has 1 aromatic heterocycles. The first-order valence-corrected chi connectivity index (χ1v) is 15.5. The highest BCUT2D eigenvalue weighted by Crippen LogP contribution is 2.29.